The Hall–Kier alpha value is -0.220. The summed E-state index contributed by atoms with van der Waals surface area (Å²) in [6.07, 6.45) is 4.23. The Morgan fingerprint density at radius 2 is 2.29 bits per heavy atom. The maximum absolute atomic E-state index is 11.7. The topological polar surface area (TPSA) is 55.1 Å². The zero-order chi connectivity index (χ0) is 10.8. The van der Waals surface area contributed by atoms with Crippen molar-refractivity contribution in [3.8, 4) is 0 Å². The fourth-order valence-electron chi connectivity index (χ4n) is 1.38. The summed E-state index contributed by atoms with van der Waals surface area (Å²) in [5.74, 6) is 0.396. The molecule has 3 N–H and O–H groups in total. The first-order valence-electron chi connectivity index (χ1n) is 5.08. The number of rotatable bonds is 5. The van der Waals surface area contributed by atoms with Crippen molar-refractivity contribution in [2.75, 3.05) is 12.8 Å². The van der Waals surface area contributed by atoms with Crippen LogP contribution < -0.4 is 11.1 Å². The Bertz CT molecular complexity index is 214. The molecule has 0 aromatic rings. The Kier molecular flexibility index (Phi) is 3.84. The van der Waals surface area contributed by atoms with E-state index in [2.05, 4.69) is 12.2 Å². The Labute approximate surface area is 90.2 Å². The summed E-state index contributed by atoms with van der Waals surface area (Å²) in [4.78, 5) is 11.7. The van der Waals surface area contributed by atoms with E-state index < -0.39 is 5.54 Å². The van der Waals surface area contributed by atoms with Gasteiger partial charge < -0.3 is 11.1 Å². The van der Waals surface area contributed by atoms with Crippen molar-refractivity contribution >= 4 is 17.7 Å². The molecule has 2 atom stereocenters. The third-order valence-corrected chi connectivity index (χ3v) is 3.84. The van der Waals surface area contributed by atoms with Crippen LogP contribution >= 0.6 is 11.8 Å². The molecular formula is C10H20N2OS. The van der Waals surface area contributed by atoms with Crippen molar-refractivity contribution in [3.05, 3.63) is 0 Å². The van der Waals surface area contributed by atoms with Crippen LogP contribution in [-0.2, 0) is 4.79 Å². The predicted octanol–water partition coefficient (Wildman–Crippen LogP) is 0.981. The van der Waals surface area contributed by atoms with Crippen molar-refractivity contribution in [1.29, 1.82) is 0 Å². The van der Waals surface area contributed by atoms with Crippen LogP contribution in [0.25, 0.3) is 0 Å². The van der Waals surface area contributed by atoms with E-state index in [0.29, 0.717) is 17.7 Å². The summed E-state index contributed by atoms with van der Waals surface area (Å²) >= 11 is 1.75. The number of hydrogen-bond acceptors (Lipinski definition) is 3. The highest BCUT2D eigenvalue weighted by molar-refractivity contribution is 7.99. The molecule has 0 spiro atoms. The summed E-state index contributed by atoms with van der Waals surface area (Å²) < 4.78 is 0. The molecule has 0 aliphatic heterocycles. The Balaban J connectivity index is 2.33. The molecule has 1 rings (SSSR count). The van der Waals surface area contributed by atoms with E-state index in [1.54, 1.807) is 11.8 Å². The molecule has 3 nitrogen and oxygen atoms in total. The first kappa shape index (κ1) is 11.9. The van der Waals surface area contributed by atoms with E-state index in [-0.39, 0.29) is 5.91 Å². The second kappa shape index (κ2) is 4.53. The smallest absolute Gasteiger partial charge is 0.240 e. The lowest BCUT2D eigenvalue weighted by molar-refractivity contribution is -0.126. The quantitative estimate of drug-likeness (QED) is 0.720. The molecule has 2 unspecified atom stereocenters. The van der Waals surface area contributed by atoms with Gasteiger partial charge in [-0.3, -0.25) is 4.79 Å². The second-order valence-corrected chi connectivity index (χ2v) is 5.59. The Morgan fingerprint density at radius 3 is 2.71 bits per heavy atom. The predicted molar refractivity (Wildman–Crippen MR) is 61.3 cm³/mol. The lowest BCUT2D eigenvalue weighted by atomic mass is 9.96. The summed E-state index contributed by atoms with van der Waals surface area (Å²) in [6.45, 7) is 4.64. The van der Waals surface area contributed by atoms with Crippen LogP contribution in [0, 0.1) is 5.92 Å². The van der Waals surface area contributed by atoms with Crippen molar-refractivity contribution in [3.63, 3.8) is 0 Å². The third-order valence-electron chi connectivity index (χ3n) is 2.87. The molecule has 0 heterocycles. The van der Waals surface area contributed by atoms with Crippen molar-refractivity contribution in [2.45, 2.75) is 37.5 Å². The van der Waals surface area contributed by atoms with Gasteiger partial charge in [0.25, 0.3) is 0 Å². The molecule has 0 aromatic carbocycles. The van der Waals surface area contributed by atoms with Crippen LogP contribution in [-0.4, -0.2) is 29.5 Å². The summed E-state index contributed by atoms with van der Waals surface area (Å²) in [5.41, 5.74) is 5.32. The van der Waals surface area contributed by atoms with Crippen LogP contribution in [0.4, 0.5) is 0 Å². The van der Waals surface area contributed by atoms with Crippen LogP contribution in [0.3, 0.4) is 0 Å². The maximum atomic E-state index is 11.7. The van der Waals surface area contributed by atoms with Gasteiger partial charge in [0.2, 0.25) is 5.91 Å². The van der Waals surface area contributed by atoms with Crippen molar-refractivity contribution in [1.82, 2.24) is 5.32 Å². The first-order chi connectivity index (χ1) is 6.48. The van der Waals surface area contributed by atoms with Gasteiger partial charge in [0.1, 0.15) is 0 Å². The van der Waals surface area contributed by atoms with Crippen LogP contribution in [0.1, 0.15) is 26.7 Å². The number of nitrogens with two attached hydrogens (primary N) is 1. The lowest BCUT2D eigenvalue weighted by Gasteiger charge is -2.23. The molecule has 1 amide bonds. The monoisotopic (exact) mass is 216 g/mol. The van der Waals surface area contributed by atoms with Gasteiger partial charge >= 0.3 is 0 Å². The summed E-state index contributed by atoms with van der Waals surface area (Å²) in [6, 6.07) is 0. The van der Waals surface area contributed by atoms with Gasteiger partial charge in [-0.25, -0.2) is 0 Å². The molecule has 0 saturated heterocycles. The number of carbonyl (C=O) groups is 1. The molecule has 0 radical (unpaired) electrons. The molecular weight excluding hydrogens is 196 g/mol. The fourth-order valence-corrected chi connectivity index (χ4v) is 1.63. The zero-order valence-electron chi connectivity index (χ0n) is 9.17. The van der Waals surface area contributed by atoms with Gasteiger partial charge in [0, 0.05) is 11.8 Å². The molecule has 1 saturated carbocycles. The van der Waals surface area contributed by atoms with Gasteiger partial charge in [-0.2, -0.15) is 11.8 Å². The minimum Gasteiger partial charge on any atom is -0.353 e. The largest absolute Gasteiger partial charge is 0.353 e. The fraction of sp³-hybridized carbons (Fsp3) is 0.900. The second-order valence-electron chi connectivity index (χ2n) is 4.31. The highest BCUT2D eigenvalue weighted by Gasteiger charge is 2.43. The molecule has 4 heteroatoms. The summed E-state index contributed by atoms with van der Waals surface area (Å²) in [5, 5.41) is 3.36. The van der Waals surface area contributed by atoms with Gasteiger partial charge in [-0.05, 0) is 31.9 Å². The standard InChI is InChI=1S/C10H20N2OS/c1-7(14-3)6-12-9(13)10(2,11)8-4-5-8/h7-8H,4-6,11H2,1-3H3,(H,12,13). The maximum Gasteiger partial charge on any atom is 0.240 e. The SMILES string of the molecule is CSC(C)CNC(=O)C(C)(N)C1CC1. The number of hydrogen-bond donors (Lipinski definition) is 2. The van der Waals surface area contributed by atoms with E-state index in [1.807, 2.05) is 13.2 Å². The molecule has 82 valence electrons. The van der Waals surface area contributed by atoms with E-state index in [9.17, 15) is 4.79 Å². The van der Waals surface area contributed by atoms with E-state index in [0.717, 1.165) is 12.8 Å². The average molecular weight is 216 g/mol. The van der Waals surface area contributed by atoms with Crippen LogP contribution in [0.5, 0.6) is 0 Å². The first-order valence-corrected chi connectivity index (χ1v) is 6.37. The van der Waals surface area contributed by atoms with Gasteiger partial charge in [0.05, 0.1) is 5.54 Å². The number of nitrogens with one attached hydrogen (secondary N) is 1. The molecule has 0 bridgehead atoms. The number of amides is 1. The van der Waals surface area contributed by atoms with E-state index in [1.165, 1.54) is 0 Å². The van der Waals surface area contributed by atoms with Gasteiger partial charge in [0.15, 0.2) is 0 Å². The van der Waals surface area contributed by atoms with E-state index >= 15 is 0 Å². The van der Waals surface area contributed by atoms with Gasteiger partial charge in [-0.1, -0.05) is 6.92 Å². The molecule has 1 aliphatic carbocycles. The van der Waals surface area contributed by atoms with Gasteiger partial charge in [-0.15, -0.1) is 0 Å². The molecule has 0 aromatic heterocycles. The van der Waals surface area contributed by atoms with Crippen LogP contribution in [0.2, 0.25) is 0 Å². The number of carbonyl (C=O) groups excluding carboxylic acids is 1. The van der Waals surface area contributed by atoms with E-state index in [4.69, 9.17) is 5.73 Å². The zero-order valence-corrected chi connectivity index (χ0v) is 9.99. The minimum absolute atomic E-state index is 0.000833. The summed E-state index contributed by atoms with van der Waals surface area (Å²) in [7, 11) is 0. The van der Waals surface area contributed by atoms with Crippen molar-refractivity contribution in [2.24, 2.45) is 11.7 Å². The number of thioether (sulfide) groups is 1. The highest BCUT2D eigenvalue weighted by Crippen LogP contribution is 2.38. The Morgan fingerprint density at radius 1 is 1.71 bits per heavy atom. The highest BCUT2D eigenvalue weighted by atomic mass is 32.2. The minimum atomic E-state index is -0.655. The lowest BCUT2D eigenvalue weighted by Crippen LogP contribution is -2.54. The third kappa shape index (κ3) is 2.89. The normalized spacial score (nSPS) is 22.6. The molecule has 1 fully saturated rings. The average Bonchev–Trinajstić information content (AvgIpc) is 2.96. The molecule has 1 aliphatic rings. The molecule has 14 heavy (non-hydrogen) atoms. The van der Waals surface area contributed by atoms with Crippen molar-refractivity contribution < 1.29 is 4.79 Å². The van der Waals surface area contributed by atoms with Crippen LogP contribution in [0.15, 0.2) is 0 Å².